The number of hydrogen-bond acceptors (Lipinski definition) is 4. The lowest BCUT2D eigenvalue weighted by Crippen LogP contribution is -2.23. The summed E-state index contributed by atoms with van der Waals surface area (Å²) in [6, 6.07) is 4.28. The molecule has 6 heteroatoms. The number of hydrogen-bond donors (Lipinski definition) is 2. The van der Waals surface area contributed by atoms with E-state index in [4.69, 9.17) is 14.6 Å². The summed E-state index contributed by atoms with van der Waals surface area (Å²) in [5.41, 5.74) is 0.0585. The maximum atomic E-state index is 13.2. The molecule has 0 spiro atoms. The molecule has 0 radical (unpaired) electrons. The predicted molar refractivity (Wildman–Crippen MR) is 57.0 cm³/mol. The van der Waals surface area contributed by atoms with Gasteiger partial charge in [-0.1, -0.05) is 0 Å². The quantitative estimate of drug-likeness (QED) is 0.812. The molecule has 0 saturated carbocycles. The first-order chi connectivity index (χ1) is 8.01. The normalized spacial score (nSPS) is 13.9. The molecule has 1 aromatic rings. The Morgan fingerprint density at radius 1 is 1.35 bits per heavy atom. The van der Waals surface area contributed by atoms with Crippen LogP contribution >= 0.6 is 0 Å². The fourth-order valence-corrected chi connectivity index (χ4v) is 1.36. The molecule has 0 saturated heterocycles. The minimum Gasteiger partial charge on any atom is -0.497 e. The van der Waals surface area contributed by atoms with Crippen molar-refractivity contribution in [2.75, 3.05) is 14.2 Å². The van der Waals surface area contributed by atoms with Crippen LogP contribution in [0.1, 0.15) is 11.7 Å². The molecule has 2 N–H and O–H groups in total. The maximum absolute atomic E-state index is 13.2. The standard InChI is InChI=1S/C11H13FO5/c1-16-6-3-4-7(8(5-6)17-2)10(13)9(12)11(14)15/h3-5,9-10,13H,1-2H3,(H,14,15). The first-order valence-corrected chi connectivity index (χ1v) is 4.78. The van der Waals surface area contributed by atoms with Crippen molar-refractivity contribution in [1.29, 1.82) is 0 Å². The Morgan fingerprint density at radius 3 is 2.47 bits per heavy atom. The average molecular weight is 244 g/mol. The van der Waals surface area contributed by atoms with Crippen LogP contribution < -0.4 is 9.47 Å². The van der Waals surface area contributed by atoms with Crippen LogP contribution in [0.25, 0.3) is 0 Å². The Balaban J connectivity index is 3.08. The average Bonchev–Trinajstić information content (AvgIpc) is 2.35. The van der Waals surface area contributed by atoms with Gasteiger partial charge in [-0.2, -0.15) is 0 Å². The van der Waals surface area contributed by atoms with E-state index in [1.165, 1.54) is 32.4 Å². The Morgan fingerprint density at radius 2 is 2.00 bits per heavy atom. The van der Waals surface area contributed by atoms with Gasteiger partial charge in [0.1, 0.15) is 17.6 Å². The fourth-order valence-electron chi connectivity index (χ4n) is 1.36. The molecule has 17 heavy (non-hydrogen) atoms. The Kier molecular flexibility index (Phi) is 4.28. The van der Waals surface area contributed by atoms with Crippen molar-refractivity contribution >= 4 is 5.97 Å². The zero-order chi connectivity index (χ0) is 13.0. The smallest absolute Gasteiger partial charge is 0.341 e. The number of halogens is 1. The van der Waals surface area contributed by atoms with E-state index < -0.39 is 18.2 Å². The second-order valence-electron chi connectivity index (χ2n) is 3.29. The molecule has 0 amide bonds. The monoisotopic (exact) mass is 244 g/mol. The SMILES string of the molecule is COc1ccc(C(O)C(F)C(=O)O)c(OC)c1. The minimum atomic E-state index is -2.41. The summed E-state index contributed by atoms with van der Waals surface area (Å²) in [4.78, 5) is 10.4. The van der Waals surface area contributed by atoms with Crippen LogP contribution in [0.5, 0.6) is 11.5 Å². The van der Waals surface area contributed by atoms with Crippen molar-refractivity contribution in [2.24, 2.45) is 0 Å². The summed E-state index contributed by atoms with van der Waals surface area (Å²) < 4.78 is 23.0. The third-order valence-corrected chi connectivity index (χ3v) is 2.27. The van der Waals surface area contributed by atoms with Gasteiger partial charge in [0.15, 0.2) is 0 Å². The molecule has 2 unspecified atom stereocenters. The van der Waals surface area contributed by atoms with E-state index in [0.717, 1.165) is 0 Å². The number of carbonyl (C=O) groups is 1. The summed E-state index contributed by atoms with van der Waals surface area (Å²) in [7, 11) is 2.78. The summed E-state index contributed by atoms with van der Waals surface area (Å²) in [5, 5.41) is 18.0. The second kappa shape index (κ2) is 5.49. The molecule has 0 heterocycles. The van der Waals surface area contributed by atoms with Gasteiger partial charge >= 0.3 is 5.97 Å². The number of benzene rings is 1. The van der Waals surface area contributed by atoms with Crippen molar-refractivity contribution < 1.29 is 28.9 Å². The highest BCUT2D eigenvalue weighted by atomic mass is 19.1. The van der Waals surface area contributed by atoms with Gasteiger partial charge in [-0.25, -0.2) is 9.18 Å². The predicted octanol–water partition coefficient (Wildman–Crippen LogP) is 1.16. The lowest BCUT2D eigenvalue weighted by Gasteiger charge is -2.16. The van der Waals surface area contributed by atoms with Crippen LogP contribution in [0, 0.1) is 0 Å². The van der Waals surface area contributed by atoms with E-state index in [0.29, 0.717) is 5.75 Å². The van der Waals surface area contributed by atoms with Gasteiger partial charge in [0.05, 0.1) is 14.2 Å². The fraction of sp³-hybridized carbons (Fsp3) is 0.364. The molecular weight excluding hydrogens is 231 g/mol. The van der Waals surface area contributed by atoms with Gasteiger partial charge < -0.3 is 19.7 Å². The van der Waals surface area contributed by atoms with E-state index in [9.17, 15) is 14.3 Å². The topological polar surface area (TPSA) is 76.0 Å². The number of rotatable bonds is 5. The summed E-state index contributed by atoms with van der Waals surface area (Å²) in [6.07, 6.45) is -4.19. The first kappa shape index (κ1) is 13.2. The van der Waals surface area contributed by atoms with E-state index in [1.54, 1.807) is 0 Å². The number of alkyl halides is 1. The highest BCUT2D eigenvalue weighted by Crippen LogP contribution is 2.31. The molecule has 2 atom stereocenters. The Labute approximate surface area is 97.4 Å². The lowest BCUT2D eigenvalue weighted by molar-refractivity contribution is -0.147. The van der Waals surface area contributed by atoms with Crippen molar-refractivity contribution in [1.82, 2.24) is 0 Å². The van der Waals surface area contributed by atoms with Crippen LogP contribution in [0.2, 0.25) is 0 Å². The molecule has 0 aliphatic carbocycles. The number of aliphatic carboxylic acids is 1. The van der Waals surface area contributed by atoms with E-state index in [1.807, 2.05) is 0 Å². The van der Waals surface area contributed by atoms with Gasteiger partial charge in [0.25, 0.3) is 0 Å². The molecule has 5 nitrogen and oxygen atoms in total. The zero-order valence-corrected chi connectivity index (χ0v) is 9.38. The van der Waals surface area contributed by atoms with Gasteiger partial charge in [-0.15, -0.1) is 0 Å². The van der Waals surface area contributed by atoms with Gasteiger partial charge in [0.2, 0.25) is 6.17 Å². The molecular formula is C11H13FO5. The lowest BCUT2D eigenvalue weighted by atomic mass is 10.0. The number of methoxy groups -OCH3 is 2. The van der Waals surface area contributed by atoms with E-state index in [-0.39, 0.29) is 11.3 Å². The van der Waals surface area contributed by atoms with Crippen molar-refractivity contribution in [3.63, 3.8) is 0 Å². The number of carboxylic acids is 1. The van der Waals surface area contributed by atoms with E-state index in [2.05, 4.69) is 0 Å². The minimum absolute atomic E-state index is 0.0585. The molecule has 1 rings (SSSR count). The van der Waals surface area contributed by atoms with Crippen LogP contribution in [0.15, 0.2) is 18.2 Å². The second-order valence-corrected chi connectivity index (χ2v) is 3.29. The number of ether oxygens (including phenoxy) is 2. The highest BCUT2D eigenvalue weighted by Gasteiger charge is 2.29. The van der Waals surface area contributed by atoms with Crippen LogP contribution in [0.3, 0.4) is 0 Å². The first-order valence-electron chi connectivity index (χ1n) is 4.78. The van der Waals surface area contributed by atoms with Crippen LogP contribution in [-0.4, -0.2) is 36.6 Å². The molecule has 0 aliphatic rings. The number of aliphatic hydroxyl groups is 1. The zero-order valence-electron chi connectivity index (χ0n) is 9.38. The Bertz CT molecular complexity index is 407. The molecule has 0 aliphatic heterocycles. The summed E-state index contributed by atoms with van der Waals surface area (Å²) >= 11 is 0. The summed E-state index contributed by atoms with van der Waals surface area (Å²) in [5.74, 6) is -1.10. The van der Waals surface area contributed by atoms with E-state index >= 15 is 0 Å². The van der Waals surface area contributed by atoms with Crippen molar-refractivity contribution in [3.8, 4) is 11.5 Å². The van der Waals surface area contributed by atoms with Gasteiger partial charge in [0, 0.05) is 11.6 Å². The molecule has 1 aromatic carbocycles. The Hall–Kier alpha value is -1.82. The molecule has 0 bridgehead atoms. The van der Waals surface area contributed by atoms with Crippen molar-refractivity contribution in [3.05, 3.63) is 23.8 Å². The third-order valence-electron chi connectivity index (χ3n) is 2.27. The molecule has 0 aromatic heterocycles. The number of carboxylic acid groups (broad SMARTS) is 1. The van der Waals surface area contributed by atoms with Crippen molar-refractivity contribution in [2.45, 2.75) is 12.3 Å². The third kappa shape index (κ3) is 2.85. The number of aliphatic hydroxyl groups excluding tert-OH is 1. The maximum Gasteiger partial charge on any atom is 0.341 e. The largest absolute Gasteiger partial charge is 0.497 e. The highest BCUT2D eigenvalue weighted by molar-refractivity contribution is 5.73. The summed E-state index contributed by atoms with van der Waals surface area (Å²) in [6.45, 7) is 0. The van der Waals surface area contributed by atoms with Gasteiger partial charge in [-0.05, 0) is 12.1 Å². The molecule has 0 fully saturated rings. The van der Waals surface area contributed by atoms with Crippen LogP contribution in [-0.2, 0) is 4.79 Å². The van der Waals surface area contributed by atoms with Gasteiger partial charge in [-0.3, -0.25) is 0 Å². The molecule has 94 valence electrons. The van der Waals surface area contributed by atoms with Crippen LogP contribution in [0.4, 0.5) is 4.39 Å².